The molecule has 0 spiro atoms. The van der Waals surface area contributed by atoms with Crippen LogP contribution in [0.3, 0.4) is 0 Å². The van der Waals surface area contributed by atoms with Crippen molar-refractivity contribution in [3.05, 3.63) is 28.2 Å². The van der Waals surface area contributed by atoms with Gasteiger partial charge in [0.05, 0.1) is 25.3 Å². The van der Waals surface area contributed by atoms with Crippen LogP contribution in [-0.4, -0.2) is 44.7 Å². The summed E-state index contributed by atoms with van der Waals surface area (Å²) in [6, 6.07) is 5.38. The first-order chi connectivity index (χ1) is 8.51. The van der Waals surface area contributed by atoms with Gasteiger partial charge in [0.1, 0.15) is 5.75 Å². The van der Waals surface area contributed by atoms with Crippen molar-refractivity contribution < 1.29 is 14.3 Å². The number of nitrogens with zero attached hydrogens (tertiary/aromatic N) is 1. The van der Waals surface area contributed by atoms with E-state index in [0.29, 0.717) is 17.9 Å². The molecule has 0 bridgehead atoms. The van der Waals surface area contributed by atoms with Crippen LogP contribution in [-0.2, 0) is 4.74 Å². The van der Waals surface area contributed by atoms with Crippen molar-refractivity contribution >= 4 is 21.8 Å². The average Bonchev–Trinajstić information content (AvgIpc) is 2.37. The number of ether oxygens (including phenoxy) is 2. The van der Waals surface area contributed by atoms with E-state index in [2.05, 4.69) is 15.9 Å². The third kappa shape index (κ3) is 3.46. The van der Waals surface area contributed by atoms with E-state index in [9.17, 15) is 4.79 Å². The second-order valence-electron chi connectivity index (χ2n) is 4.07. The van der Waals surface area contributed by atoms with Gasteiger partial charge in [-0.15, -0.1) is 0 Å². The summed E-state index contributed by atoms with van der Waals surface area (Å²) in [6.45, 7) is 2.43. The Hall–Kier alpha value is -1.07. The maximum atomic E-state index is 12.4. The minimum atomic E-state index is -0.0855. The maximum absolute atomic E-state index is 12.4. The molecule has 18 heavy (non-hydrogen) atoms. The molecule has 100 valence electrons. The molecule has 0 saturated carbocycles. The van der Waals surface area contributed by atoms with Crippen LogP contribution in [0.5, 0.6) is 5.75 Å². The Bertz CT molecular complexity index is 423. The quantitative estimate of drug-likeness (QED) is 0.838. The molecule has 0 saturated heterocycles. The van der Waals surface area contributed by atoms with Crippen LogP contribution in [0.25, 0.3) is 0 Å². The fourth-order valence-electron chi connectivity index (χ4n) is 1.59. The van der Waals surface area contributed by atoms with Gasteiger partial charge in [0.15, 0.2) is 0 Å². The highest BCUT2D eigenvalue weighted by atomic mass is 79.9. The number of carbonyl (C=O) groups is 1. The summed E-state index contributed by atoms with van der Waals surface area (Å²) >= 11 is 3.36. The average molecular weight is 316 g/mol. The third-order valence-corrected chi connectivity index (χ3v) is 3.27. The first-order valence-corrected chi connectivity index (χ1v) is 6.40. The molecule has 0 fully saturated rings. The van der Waals surface area contributed by atoms with Gasteiger partial charge in [-0.1, -0.05) is 15.9 Å². The number of hydrogen-bond donors (Lipinski definition) is 0. The summed E-state index contributed by atoms with van der Waals surface area (Å²) in [5, 5.41) is 0. The fourth-order valence-corrected chi connectivity index (χ4v) is 1.95. The van der Waals surface area contributed by atoms with Crippen molar-refractivity contribution in [2.75, 3.05) is 27.9 Å². The zero-order valence-electron chi connectivity index (χ0n) is 11.1. The van der Waals surface area contributed by atoms with Gasteiger partial charge in [-0.3, -0.25) is 4.79 Å². The molecular formula is C13H18BrNO3. The zero-order chi connectivity index (χ0) is 13.7. The van der Waals surface area contributed by atoms with Crippen LogP contribution < -0.4 is 4.74 Å². The Morgan fingerprint density at radius 1 is 1.44 bits per heavy atom. The Morgan fingerprint density at radius 2 is 2.11 bits per heavy atom. The van der Waals surface area contributed by atoms with Gasteiger partial charge in [0.2, 0.25) is 0 Å². The molecule has 0 N–H and O–H groups in total. The van der Waals surface area contributed by atoms with E-state index in [1.807, 2.05) is 13.0 Å². The lowest BCUT2D eigenvalue weighted by atomic mass is 10.1. The van der Waals surface area contributed by atoms with Crippen molar-refractivity contribution in [1.29, 1.82) is 0 Å². The van der Waals surface area contributed by atoms with E-state index >= 15 is 0 Å². The Kier molecular flexibility index (Phi) is 5.62. The number of rotatable bonds is 5. The van der Waals surface area contributed by atoms with Crippen LogP contribution in [0.4, 0.5) is 0 Å². The second kappa shape index (κ2) is 6.75. The Balaban J connectivity index is 2.98. The monoisotopic (exact) mass is 315 g/mol. The molecule has 0 aromatic heterocycles. The smallest absolute Gasteiger partial charge is 0.257 e. The van der Waals surface area contributed by atoms with Gasteiger partial charge in [0.25, 0.3) is 5.91 Å². The van der Waals surface area contributed by atoms with Crippen LogP contribution in [0.15, 0.2) is 22.7 Å². The summed E-state index contributed by atoms with van der Waals surface area (Å²) in [4.78, 5) is 14.0. The molecule has 1 amide bonds. The number of likely N-dealkylation sites (N-methyl/N-ethyl adjacent to an activating group) is 1. The van der Waals surface area contributed by atoms with Crippen LogP contribution in [0.2, 0.25) is 0 Å². The second-order valence-corrected chi connectivity index (χ2v) is 4.98. The van der Waals surface area contributed by atoms with Gasteiger partial charge in [-0.05, 0) is 25.1 Å². The molecule has 1 rings (SSSR count). The lowest BCUT2D eigenvalue weighted by Crippen LogP contribution is -2.38. The molecule has 0 heterocycles. The number of methoxy groups -OCH3 is 2. The summed E-state index contributed by atoms with van der Waals surface area (Å²) in [7, 11) is 4.93. The molecule has 1 atom stereocenters. The first kappa shape index (κ1) is 15.0. The van der Waals surface area contributed by atoms with E-state index in [-0.39, 0.29) is 11.9 Å². The topological polar surface area (TPSA) is 38.8 Å². The van der Waals surface area contributed by atoms with E-state index in [1.165, 1.54) is 0 Å². The normalized spacial score (nSPS) is 12.1. The summed E-state index contributed by atoms with van der Waals surface area (Å²) < 4.78 is 11.1. The number of carbonyl (C=O) groups excluding carboxylic acids is 1. The molecule has 1 aromatic carbocycles. The van der Waals surface area contributed by atoms with Crippen molar-refractivity contribution in [3.8, 4) is 5.75 Å². The van der Waals surface area contributed by atoms with Crippen molar-refractivity contribution in [2.45, 2.75) is 13.0 Å². The molecule has 0 radical (unpaired) electrons. The predicted octanol–water partition coefficient (Wildman–Crippen LogP) is 2.56. The lowest BCUT2D eigenvalue weighted by Gasteiger charge is -2.25. The Labute approximate surface area is 116 Å². The molecule has 1 aromatic rings. The fraction of sp³-hybridized carbons (Fsp3) is 0.462. The maximum Gasteiger partial charge on any atom is 0.257 e. The molecular weight excluding hydrogens is 298 g/mol. The number of hydrogen-bond acceptors (Lipinski definition) is 3. The molecule has 0 aliphatic heterocycles. The summed E-state index contributed by atoms with van der Waals surface area (Å²) in [6.07, 6.45) is 0. The zero-order valence-corrected chi connectivity index (χ0v) is 12.7. The van der Waals surface area contributed by atoms with E-state index in [4.69, 9.17) is 9.47 Å². The largest absolute Gasteiger partial charge is 0.496 e. The predicted molar refractivity (Wildman–Crippen MR) is 74.1 cm³/mol. The molecule has 0 aliphatic carbocycles. The summed E-state index contributed by atoms with van der Waals surface area (Å²) in [5.74, 6) is 0.484. The van der Waals surface area contributed by atoms with Gasteiger partial charge >= 0.3 is 0 Å². The Morgan fingerprint density at radius 3 is 2.67 bits per heavy atom. The van der Waals surface area contributed by atoms with Gasteiger partial charge < -0.3 is 14.4 Å². The first-order valence-electron chi connectivity index (χ1n) is 5.61. The van der Waals surface area contributed by atoms with E-state index in [0.717, 1.165) is 4.47 Å². The molecule has 4 nitrogen and oxygen atoms in total. The number of benzene rings is 1. The van der Waals surface area contributed by atoms with Crippen molar-refractivity contribution in [2.24, 2.45) is 0 Å². The molecule has 1 unspecified atom stereocenters. The van der Waals surface area contributed by atoms with E-state index in [1.54, 1.807) is 38.3 Å². The lowest BCUT2D eigenvalue weighted by molar-refractivity contribution is 0.0630. The van der Waals surface area contributed by atoms with Gasteiger partial charge in [-0.2, -0.15) is 0 Å². The van der Waals surface area contributed by atoms with Crippen LogP contribution in [0.1, 0.15) is 17.3 Å². The van der Waals surface area contributed by atoms with Crippen molar-refractivity contribution in [3.63, 3.8) is 0 Å². The van der Waals surface area contributed by atoms with E-state index < -0.39 is 0 Å². The molecule has 5 heteroatoms. The highest BCUT2D eigenvalue weighted by molar-refractivity contribution is 9.10. The van der Waals surface area contributed by atoms with Crippen LogP contribution in [0, 0.1) is 0 Å². The SMILES string of the molecule is COCC(C)N(C)C(=O)c1cc(Br)ccc1OC. The van der Waals surface area contributed by atoms with Crippen molar-refractivity contribution in [1.82, 2.24) is 4.90 Å². The number of amides is 1. The minimum absolute atomic E-state index is 0.00573. The van der Waals surface area contributed by atoms with Gasteiger partial charge in [-0.25, -0.2) is 0 Å². The highest BCUT2D eigenvalue weighted by Crippen LogP contribution is 2.24. The van der Waals surface area contributed by atoms with Gasteiger partial charge in [0, 0.05) is 18.6 Å². The summed E-state index contributed by atoms with van der Waals surface area (Å²) in [5.41, 5.74) is 0.539. The highest BCUT2D eigenvalue weighted by Gasteiger charge is 2.20. The number of halogens is 1. The third-order valence-electron chi connectivity index (χ3n) is 2.78. The standard InChI is InChI=1S/C13H18BrNO3/c1-9(8-17-3)15(2)13(16)11-7-10(14)5-6-12(11)18-4/h5-7,9H,8H2,1-4H3. The molecule has 0 aliphatic rings. The minimum Gasteiger partial charge on any atom is -0.496 e. The van der Waals surface area contributed by atoms with Crippen LogP contribution >= 0.6 is 15.9 Å².